The first-order valence-corrected chi connectivity index (χ1v) is 14.4. The highest BCUT2D eigenvalue weighted by atomic mass is 16.4. The Balaban J connectivity index is 6.45. The van der Waals surface area contributed by atoms with E-state index in [0.29, 0.717) is 62.2 Å². The van der Waals surface area contributed by atoms with E-state index in [1.807, 2.05) is 0 Å². The van der Waals surface area contributed by atoms with Gasteiger partial charge in [-0.25, -0.2) is 4.79 Å². The van der Waals surface area contributed by atoms with Gasteiger partial charge < -0.3 is 20.4 Å². The number of hydrogen-bond acceptors (Lipinski definition) is 4. The highest BCUT2D eigenvalue weighted by molar-refractivity contribution is 5.93. The first kappa shape index (κ1) is 35.4. The van der Waals surface area contributed by atoms with E-state index >= 15 is 0 Å². The maximum Gasteiger partial charge on any atom is 0.337 e. The van der Waals surface area contributed by atoms with E-state index in [9.17, 15) is 34.8 Å². The molecule has 0 fully saturated rings. The lowest BCUT2D eigenvalue weighted by Gasteiger charge is -2.45. The lowest BCUT2D eigenvalue weighted by atomic mass is 9.59. The Morgan fingerprint density at radius 3 is 1.19 bits per heavy atom. The Morgan fingerprint density at radius 1 is 0.568 bits per heavy atom. The molecule has 0 aliphatic heterocycles. The molecule has 0 aliphatic carbocycles. The van der Waals surface area contributed by atoms with Crippen LogP contribution in [0.1, 0.15) is 120 Å². The molecule has 218 valence electrons. The van der Waals surface area contributed by atoms with Crippen LogP contribution in [0.15, 0.2) is 0 Å². The monoisotopic (exact) mass is 528 g/mol. The Kier molecular flexibility index (Phi) is 15.0. The van der Waals surface area contributed by atoms with Gasteiger partial charge in [-0.05, 0) is 54.8 Å². The van der Waals surface area contributed by atoms with Gasteiger partial charge in [-0.3, -0.25) is 9.59 Å². The molecule has 0 bridgehead atoms. The van der Waals surface area contributed by atoms with Crippen molar-refractivity contribution in [3.05, 3.63) is 0 Å². The smallest absolute Gasteiger partial charge is 0.337 e. The average Bonchev–Trinajstić information content (AvgIpc) is 2.78. The second kappa shape index (κ2) is 15.7. The van der Waals surface area contributed by atoms with E-state index in [1.54, 1.807) is 0 Å². The number of carbonyl (C=O) groups is 3. The van der Waals surface area contributed by atoms with Gasteiger partial charge in [-0.15, -0.1) is 0 Å². The van der Waals surface area contributed by atoms with Crippen LogP contribution in [0.2, 0.25) is 0 Å². The van der Waals surface area contributed by atoms with Crippen LogP contribution in [0.4, 0.5) is 0 Å². The van der Waals surface area contributed by atoms with E-state index in [2.05, 4.69) is 62.3 Å². The Morgan fingerprint density at radius 2 is 0.919 bits per heavy atom. The van der Waals surface area contributed by atoms with Crippen LogP contribution in [0.5, 0.6) is 0 Å². The molecular formula is C30H56O7. The molecule has 0 spiro atoms. The maximum atomic E-state index is 13.0. The Bertz CT molecular complexity index is 695. The first-order chi connectivity index (χ1) is 16.9. The molecule has 0 aromatic carbocycles. The summed E-state index contributed by atoms with van der Waals surface area (Å²) in [6, 6.07) is 0. The van der Waals surface area contributed by atoms with Gasteiger partial charge in [0.2, 0.25) is 0 Å². The van der Waals surface area contributed by atoms with Gasteiger partial charge in [0.1, 0.15) is 5.41 Å². The topological polar surface area (TPSA) is 132 Å². The molecular weight excluding hydrogens is 472 g/mol. The number of carboxylic acids is 3. The van der Waals surface area contributed by atoms with Crippen molar-refractivity contribution in [3.63, 3.8) is 0 Å². The highest BCUT2D eigenvalue weighted by Crippen LogP contribution is 2.48. The van der Waals surface area contributed by atoms with Crippen molar-refractivity contribution in [1.29, 1.82) is 0 Å². The summed E-state index contributed by atoms with van der Waals surface area (Å²) in [6.07, 6.45) is 2.98. The number of carboxylic acid groups (broad SMARTS) is 3. The van der Waals surface area contributed by atoms with E-state index in [-0.39, 0.29) is 31.1 Å². The molecule has 0 heterocycles. The summed E-state index contributed by atoms with van der Waals surface area (Å²) >= 11 is 0. The first-order valence-electron chi connectivity index (χ1n) is 14.4. The van der Waals surface area contributed by atoms with Gasteiger partial charge in [0.25, 0.3) is 0 Å². The van der Waals surface area contributed by atoms with Crippen LogP contribution >= 0.6 is 0 Å². The Hall–Kier alpha value is -1.63. The van der Waals surface area contributed by atoms with Crippen molar-refractivity contribution in [2.24, 2.45) is 46.8 Å². The van der Waals surface area contributed by atoms with E-state index in [4.69, 9.17) is 0 Å². The van der Waals surface area contributed by atoms with E-state index < -0.39 is 34.8 Å². The van der Waals surface area contributed by atoms with Gasteiger partial charge in [-0.2, -0.15) is 0 Å². The summed E-state index contributed by atoms with van der Waals surface area (Å²) in [5, 5.41) is 42.9. The molecule has 0 aromatic rings. The summed E-state index contributed by atoms with van der Waals surface area (Å²) in [4.78, 5) is 38.2. The van der Waals surface area contributed by atoms with Crippen LogP contribution in [0, 0.1) is 46.8 Å². The summed E-state index contributed by atoms with van der Waals surface area (Å²) in [5.41, 5.74) is -5.02. The van der Waals surface area contributed by atoms with Gasteiger partial charge in [0.05, 0.1) is 5.92 Å². The summed E-state index contributed by atoms with van der Waals surface area (Å²) in [6.45, 7) is 18.6. The highest BCUT2D eigenvalue weighted by Gasteiger charge is 2.65. The normalized spacial score (nSPS) is 18.7. The second-order valence-corrected chi connectivity index (χ2v) is 12.7. The second-order valence-electron chi connectivity index (χ2n) is 12.7. The zero-order chi connectivity index (χ0) is 29.1. The molecule has 0 aromatic heterocycles. The zero-order valence-electron chi connectivity index (χ0n) is 24.9. The zero-order valence-corrected chi connectivity index (χ0v) is 24.9. The third-order valence-corrected chi connectivity index (χ3v) is 9.36. The molecule has 0 rings (SSSR count). The van der Waals surface area contributed by atoms with Gasteiger partial charge in [0, 0.05) is 0 Å². The number of aliphatic hydroxyl groups is 1. The fourth-order valence-corrected chi connectivity index (χ4v) is 5.18. The van der Waals surface area contributed by atoms with Crippen molar-refractivity contribution in [2.75, 3.05) is 0 Å². The van der Waals surface area contributed by atoms with Crippen molar-refractivity contribution in [3.8, 4) is 0 Å². The van der Waals surface area contributed by atoms with Crippen molar-refractivity contribution in [1.82, 2.24) is 0 Å². The van der Waals surface area contributed by atoms with Gasteiger partial charge >= 0.3 is 17.9 Å². The van der Waals surface area contributed by atoms with Crippen molar-refractivity contribution < 1.29 is 34.8 Å². The fraction of sp³-hybridized carbons (Fsp3) is 0.900. The molecule has 0 aliphatic rings. The third-order valence-electron chi connectivity index (χ3n) is 9.36. The summed E-state index contributed by atoms with van der Waals surface area (Å²) in [7, 11) is 0. The standard InChI is InChI=1S/C30H56O7/c1-19(2)22(7)13-10-16-25(26(31)32)30(37,28(35)36)29(27(33)34,17-11-14-23(8)20(3)4)18-12-15-24(9)21(5)6/h19-25,37H,10-18H2,1-9H3,(H,31,32)(H,33,34)(H,35,36). The van der Waals surface area contributed by atoms with Crippen molar-refractivity contribution >= 4 is 17.9 Å². The molecule has 0 amide bonds. The molecule has 0 saturated carbocycles. The predicted molar refractivity (Wildman–Crippen MR) is 147 cm³/mol. The van der Waals surface area contributed by atoms with Crippen LogP contribution < -0.4 is 0 Å². The average molecular weight is 529 g/mol. The minimum atomic E-state index is -2.92. The molecule has 5 unspecified atom stereocenters. The molecule has 4 N–H and O–H groups in total. The number of aliphatic carboxylic acids is 3. The molecule has 0 radical (unpaired) electrons. The molecule has 0 saturated heterocycles. The Labute approximate surface area is 225 Å². The predicted octanol–water partition coefficient (Wildman–Crippen LogP) is 6.96. The minimum Gasteiger partial charge on any atom is -0.481 e. The fourth-order valence-electron chi connectivity index (χ4n) is 5.18. The lowest BCUT2D eigenvalue weighted by Crippen LogP contribution is -2.64. The van der Waals surface area contributed by atoms with Gasteiger partial charge in [0.15, 0.2) is 5.60 Å². The van der Waals surface area contributed by atoms with E-state index in [0.717, 1.165) is 0 Å². The van der Waals surface area contributed by atoms with Crippen molar-refractivity contribution in [2.45, 2.75) is 126 Å². The SMILES string of the molecule is CC(C)C(C)CCCC(C(=O)O)C(O)(C(=O)O)C(CCCC(C)C(C)C)(CCCC(C)C(C)C)C(=O)O. The van der Waals surface area contributed by atoms with Crippen LogP contribution in [-0.2, 0) is 14.4 Å². The molecule has 37 heavy (non-hydrogen) atoms. The third kappa shape index (κ3) is 9.56. The largest absolute Gasteiger partial charge is 0.481 e. The quantitative estimate of drug-likeness (QED) is 0.134. The summed E-state index contributed by atoms with van der Waals surface area (Å²) in [5.74, 6) is -4.35. The molecule has 5 atom stereocenters. The number of rotatable bonds is 20. The maximum absolute atomic E-state index is 13.0. The lowest BCUT2D eigenvalue weighted by molar-refractivity contribution is -0.208. The van der Waals surface area contributed by atoms with Crippen LogP contribution in [0.3, 0.4) is 0 Å². The molecule has 7 nitrogen and oxygen atoms in total. The minimum absolute atomic E-state index is 0.0789. The number of hydrogen-bond donors (Lipinski definition) is 4. The summed E-state index contributed by atoms with van der Waals surface area (Å²) < 4.78 is 0. The van der Waals surface area contributed by atoms with Crippen LogP contribution in [0.25, 0.3) is 0 Å². The van der Waals surface area contributed by atoms with Gasteiger partial charge in [-0.1, -0.05) is 101 Å². The molecule has 7 heteroatoms. The van der Waals surface area contributed by atoms with E-state index in [1.165, 1.54) is 0 Å². The van der Waals surface area contributed by atoms with Crippen LogP contribution in [-0.4, -0.2) is 43.9 Å².